The third kappa shape index (κ3) is 4.55. The minimum atomic E-state index is -1.22. The number of carbonyl (C=O) groups is 2. The van der Waals surface area contributed by atoms with Crippen LogP contribution in [0.1, 0.15) is 24.3 Å². The first-order valence-electron chi connectivity index (χ1n) is 5.63. The molecule has 0 atom stereocenters. The SMILES string of the molecule is CN(CC(C)(C)O)C(=O)Nc1cccnc1C(=O)O. The van der Waals surface area contributed by atoms with Gasteiger partial charge in [0.05, 0.1) is 17.8 Å². The zero-order valence-corrected chi connectivity index (χ0v) is 11.0. The Kier molecular flexibility index (Phi) is 4.44. The molecule has 0 saturated carbocycles. The Morgan fingerprint density at radius 1 is 1.47 bits per heavy atom. The van der Waals surface area contributed by atoms with Gasteiger partial charge in [-0.1, -0.05) is 0 Å². The zero-order valence-electron chi connectivity index (χ0n) is 11.0. The largest absolute Gasteiger partial charge is 0.476 e. The number of aliphatic hydroxyl groups is 1. The Morgan fingerprint density at radius 3 is 2.63 bits per heavy atom. The molecule has 2 amide bonds. The van der Waals surface area contributed by atoms with Gasteiger partial charge < -0.3 is 20.4 Å². The lowest BCUT2D eigenvalue weighted by atomic mass is 10.1. The van der Waals surface area contributed by atoms with Crippen molar-refractivity contribution in [2.24, 2.45) is 0 Å². The predicted octanol–water partition coefficient (Wildman–Crippen LogP) is 1.01. The number of carboxylic acid groups (broad SMARTS) is 1. The molecule has 3 N–H and O–H groups in total. The Balaban J connectivity index is 2.80. The summed E-state index contributed by atoms with van der Waals surface area (Å²) < 4.78 is 0. The van der Waals surface area contributed by atoms with Gasteiger partial charge in [-0.2, -0.15) is 0 Å². The molecule has 0 bridgehead atoms. The van der Waals surface area contributed by atoms with Gasteiger partial charge in [0.15, 0.2) is 5.69 Å². The summed E-state index contributed by atoms with van der Waals surface area (Å²) in [4.78, 5) is 27.7. The summed E-state index contributed by atoms with van der Waals surface area (Å²) >= 11 is 0. The highest BCUT2D eigenvalue weighted by Gasteiger charge is 2.21. The number of pyridine rings is 1. The number of hydrogen-bond acceptors (Lipinski definition) is 4. The van der Waals surface area contributed by atoms with E-state index in [4.69, 9.17) is 5.11 Å². The molecule has 1 aromatic rings. The molecule has 104 valence electrons. The number of carboxylic acids is 1. The van der Waals surface area contributed by atoms with Crippen molar-refractivity contribution in [1.82, 2.24) is 9.88 Å². The smallest absolute Gasteiger partial charge is 0.356 e. The molecular weight excluding hydrogens is 250 g/mol. The van der Waals surface area contributed by atoms with Gasteiger partial charge in [0.1, 0.15) is 0 Å². The van der Waals surface area contributed by atoms with E-state index in [1.807, 2.05) is 0 Å². The number of rotatable bonds is 4. The van der Waals surface area contributed by atoms with Crippen molar-refractivity contribution in [2.45, 2.75) is 19.4 Å². The van der Waals surface area contributed by atoms with Gasteiger partial charge in [-0.15, -0.1) is 0 Å². The Bertz CT molecular complexity index is 482. The summed E-state index contributed by atoms with van der Waals surface area (Å²) in [6, 6.07) is 2.46. The summed E-state index contributed by atoms with van der Waals surface area (Å²) in [6.07, 6.45) is 1.33. The Hall–Kier alpha value is -2.15. The monoisotopic (exact) mass is 267 g/mol. The molecule has 0 aromatic carbocycles. The average Bonchev–Trinajstić information content (AvgIpc) is 2.27. The number of aromatic nitrogens is 1. The van der Waals surface area contributed by atoms with E-state index in [2.05, 4.69) is 10.3 Å². The van der Waals surface area contributed by atoms with Crippen molar-refractivity contribution in [1.29, 1.82) is 0 Å². The minimum Gasteiger partial charge on any atom is -0.476 e. The van der Waals surface area contributed by atoms with Crippen LogP contribution in [0.5, 0.6) is 0 Å². The van der Waals surface area contributed by atoms with Gasteiger partial charge in [-0.25, -0.2) is 14.6 Å². The third-order valence-electron chi connectivity index (χ3n) is 2.22. The minimum absolute atomic E-state index is 0.113. The predicted molar refractivity (Wildman–Crippen MR) is 69.1 cm³/mol. The molecule has 0 saturated heterocycles. The van der Waals surface area contributed by atoms with E-state index in [0.717, 1.165) is 0 Å². The Morgan fingerprint density at radius 2 is 2.11 bits per heavy atom. The van der Waals surface area contributed by atoms with Crippen molar-refractivity contribution in [3.63, 3.8) is 0 Å². The number of hydrogen-bond donors (Lipinski definition) is 3. The molecule has 0 unspecified atom stereocenters. The number of aromatic carboxylic acids is 1. The highest BCUT2D eigenvalue weighted by Crippen LogP contribution is 2.13. The molecule has 0 aliphatic rings. The zero-order chi connectivity index (χ0) is 14.6. The first-order chi connectivity index (χ1) is 8.70. The van der Waals surface area contributed by atoms with Crippen LogP contribution in [-0.2, 0) is 0 Å². The summed E-state index contributed by atoms with van der Waals surface area (Å²) in [6.45, 7) is 3.26. The number of carbonyl (C=O) groups excluding carboxylic acids is 1. The number of likely N-dealkylation sites (N-methyl/N-ethyl adjacent to an activating group) is 1. The fourth-order valence-corrected chi connectivity index (χ4v) is 1.54. The van der Waals surface area contributed by atoms with E-state index in [1.165, 1.54) is 30.3 Å². The van der Waals surface area contributed by atoms with E-state index < -0.39 is 17.6 Å². The normalized spacial score (nSPS) is 10.9. The molecule has 19 heavy (non-hydrogen) atoms. The summed E-state index contributed by atoms with van der Waals surface area (Å²) in [5.41, 5.74) is -1.15. The van der Waals surface area contributed by atoms with Crippen LogP contribution in [0.15, 0.2) is 18.3 Å². The van der Waals surface area contributed by atoms with E-state index >= 15 is 0 Å². The second kappa shape index (κ2) is 5.66. The number of nitrogens with one attached hydrogen (secondary N) is 1. The Labute approximate surface area is 110 Å². The van der Waals surface area contributed by atoms with Gasteiger partial charge in [0.25, 0.3) is 0 Å². The first-order valence-corrected chi connectivity index (χ1v) is 5.63. The van der Waals surface area contributed by atoms with Crippen LogP contribution in [0.25, 0.3) is 0 Å². The van der Waals surface area contributed by atoms with Gasteiger partial charge >= 0.3 is 12.0 Å². The van der Waals surface area contributed by atoms with Crippen LogP contribution >= 0.6 is 0 Å². The standard InChI is InChI=1S/C12H17N3O4/c1-12(2,19)7-15(3)11(18)14-8-5-4-6-13-9(8)10(16)17/h4-6,19H,7H2,1-3H3,(H,14,18)(H,16,17). The molecule has 0 spiro atoms. The molecule has 1 heterocycles. The second-order valence-corrected chi connectivity index (χ2v) is 4.80. The number of anilines is 1. The lowest BCUT2D eigenvalue weighted by molar-refractivity contribution is 0.0550. The van der Waals surface area contributed by atoms with Crippen LogP contribution in [0, 0.1) is 0 Å². The molecule has 7 nitrogen and oxygen atoms in total. The van der Waals surface area contributed by atoms with Crippen LogP contribution < -0.4 is 5.32 Å². The van der Waals surface area contributed by atoms with Crippen LogP contribution in [0.2, 0.25) is 0 Å². The van der Waals surface area contributed by atoms with Gasteiger partial charge in [-0.05, 0) is 26.0 Å². The quantitative estimate of drug-likeness (QED) is 0.755. The second-order valence-electron chi connectivity index (χ2n) is 4.80. The number of urea groups is 1. The van der Waals surface area contributed by atoms with E-state index in [9.17, 15) is 14.7 Å². The molecule has 0 aliphatic carbocycles. The molecule has 0 fully saturated rings. The topological polar surface area (TPSA) is 103 Å². The summed E-state index contributed by atoms with van der Waals surface area (Å²) in [5, 5.41) is 21.0. The van der Waals surface area contributed by atoms with Gasteiger partial charge in [0, 0.05) is 13.2 Å². The number of amides is 2. The van der Waals surface area contributed by atoms with Crippen LogP contribution in [0.4, 0.5) is 10.5 Å². The molecule has 1 aromatic heterocycles. The van der Waals surface area contributed by atoms with Crippen molar-refractivity contribution < 1.29 is 19.8 Å². The highest BCUT2D eigenvalue weighted by atomic mass is 16.4. The van der Waals surface area contributed by atoms with Crippen LogP contribution in [0.3, 0.4) is 0 Å². The maximum absolute atomic E-state index is 11.8. The molecule has 0 aliphatic heterocycles. The lowest BCUT2D eigenvalue weighted by Gasteiger charge is -2.25. The van der Waals surface area contributed by atoms with E-state index in [-0.39, 0.29) is 17.9 Å². The highest BCUT2D eigenvalue weighted by molar-refractivity contribution is 5.98. The summed E-state index contributed by atoms with van der Waals surface area (Å²) in [5.74, 6) is -1.22. The van der Waals surface area contributed by atoms with Gasteiger partial charge in [0.2, 0.25) is 0 Å². The van der Waals surface area contributed by atoms with Crippen molar-refractivity contribution >= 4 is 17.7 Å². The molecular formula is C12H17N3O4. The number of nitrogens with zero attached hydrogens (tertiary/aromatic N) is 2. The first kappa shape index (κ1) is 14.9. The van der Waals surface area contributed by atoms with Crippen molar-refractivity contribution in [3.8, 4) is 0 Å². The molecule has 7 heteroatoms. The average molecular weight is 267 g/mol. The molecule has 0 radical (unpaired) electrons. The van der Waals surface area contributed by atoms with E-state index in [1.54, 1.807) is 13.8 Å². The molecule has 1 rings (SSSR count). The summed E-state index contributed by atoms with van der Waals surface area (Å²) in [7, 11) is 1.50. The fourth-order valence-electron chi connectivity index (χ4n) is 1.54. The van der Waals surface area contributed by atoms with Crippen molar-refractivity contribution in [3.05, 3.63) is 24.0 Å². The van der Waals surface area contributed by atoms with Crippen molar-refractivity contribution in [2.75, 3.05) is 18.9 Å². The van der Waals surface area contributed by atoms with E-state index in [0.29, 0.717) is 0 Å². The maximum Gasteiger partial charge on any atom is 0.356 e. The van der Waals surface area contributed by atoms with Gasteiger partial charge in [-0.3, -0.25) is 0 Å². The maximum atomic E-state index is 11.8. The fraction of sp³-hybridized carbons (Fsp3) is 0.417. The third-order valence-corrected chi connectivity index (χ3v) is 2.22. The lowest BCUT2D eigenvalue weighted by Crippen LogP contribution is -2.41. The van der Waals surface area contributed by atoms with Crippen LogP contribution in [-0.4, -0.2) is 51.3 Å².